The van der Waals surface area contributed by atoms with Gasteiger partial charge in [0, 0.05) is 73.6 Å². The van der Waals surface area contributed by atoms with Crippen LogP contribution < -0.4 is 4.90 Å². The molecular weight excluding hydrogens is 757 g/mol. The minimum absolute atomic E-state index is 0.850. The van der Waals surface area contributed by atoms with Crippen LogP contribution >= 0.6 is 0 Å². The number of para-hydroxylation sites is 4. The van der Waals surface area contributed by atoms with E-state index >= 15 is 0 Å². The molecule has 0 spiro atoms. The molecule has 0 saturated heterocycles. The molecule has 0 amide bonds. The zero-order valence-electron chi connectivity index (χ0n) is 34.4. The van der Waals surface area contributed by atoms with Gasteiger partial charge in [-0.05, 0) is 84.4 Å². The van der Waals surface area contributed by atoms with Crippen molar-refractivity contribution in [3.63, 3.8) is 0 Å². The first kappa shape index (κ1) is 36.8. The van der Waals surface area contributed by atoms with Crippen molar-refractivity contribution in [2.75, 3.05) is 11.9 Å². The molecule has 0 atom stereocenters. The Morgan fingerprint density at radius 3 is 1.92 bits per heavy atom. The Labute approximate surface area is 359 Å². The Kier molecular flexibility index (Phi) is 8.76. The lowest BCUT2D eigenvalue weighted by Crippen LogP contribution is -2.11. The molecule has 4 heterocycles. The largest absolute Gasteiger partial charge is 0.456 e. The highest BCUT2D eigenvalue weighted by atomic mass is 16.3. The molecule has 296 valence electrons. The minimum Gasteiger partial charge on any atom is -0.456 e. The van der Waals surface area contributed by atoms with Gasteiger partial charge >= 0.3 is 0 Å². The minimum atomic E-state index is 0.850. The van der Waals surface area contributed by atoms with Gasteiger partial charge in [0.1, 0.15) is 16.8 Å². The number of rotatable bonds is 10. The second-order valence-electron chi connectivity index (χ2n) is 15.6. The average molecular weight is 799 g/mol. The van der Waals surface area contributed by atoms with Gasteiger partial charge in [-0.25, -0.2) is 0 Å². The van der Waals surface area contributed by atoms with Crippen molar-refractivity contribution >= 4 is 99.7 Å². The average Bonchev–Trinajstić information content (AvgIpc) is 4.05. The number of fused-ring (bicyclic) bond motifs is 11. The molecular formula is C57H42N4O. The van der Waals surface area contributed by atoms with Crippen LogP contribution in [0, 0.1) is 0 Å². The Bertz CT molecular complexity index is 3720. The number of aromatic nitrogens is 3. The molecule has 0 fully saturated rings. The number of benzene rings is 7. The van der Waals surface area contributed by atoms with Gasteiger partial charge in [-0.1, -0.05) is 135 Å². The SMILES string of the molecule is C=C/C=C\C=C/c1cc2c(cc1N(C)c1cccc(-n3c4ccccc4c4c5ccccc5n(-c5ccc6c(c5)c5ccccc5n6/C(C=C)=C/C=C)c43)c1)oc1ccccc12. The van der Waals surface area contributed by atoms with Gasteiger partial charge in [-0.2, -0.15) is 0 Å². The van der Waals surface area contributed by atoms with E-state index in [0.717, 1.165) is 83.7 Å². The van der Waals surface area contributed by atoms with Crippen molar-refractivity contribution in [1.29, 1.82) is 0 Å². The van der Waals surface area contributed by atoms with Crippen molar-refractivity contribution in [3.05, 3.63) is 219 Å². The third kappa shape index (κ3) is 5.63. The van der Waals surface area contributed by atoms with E-state index < -0.39 is 0 Å². The molecule has 0 aliphatic heterocycles. The first-order valence-corrected chi connectivity index (χ1v) is 20.8. The van der Waals surface area contributed by atoms with Crippen LogP contribution in [0.5, 0.6) is 0 Å². The van der Waals surface area contributed by atoms with Crippen molar-refractivity contribution in [2.45, 2.75) is 0 Å². The summed E-state index contributed by atoms with van der Waals surface area (Å²) < 4.78 is 13.6. The number of hydrogen-bond donors (Lipinski definition) is 0. The Morgan fingerprint density at radius 2 is 1.19 bits per heavy atom. The lowest BCUT2D eigenvalue weighted by atomic mass is 10.1. The Hall–Kier alpha value is -8.28. The van der Waals surface area contributed by atoms with E-state index in [4.69, 9.17) is 4.42 Å². The zero-order valence-corrected chi connectivity index (χ0v) is 34.4. The molecule has 5 heteroatoms. The number of hydrogen-bond acceptors (Lipinski definition) is 2. The van der Waals surface area contributed by atoms with Crippen LogP contribution in [0.3, 0.4) is 0 Å². The van der Waals surface area contributed by atoms with E-state index in [1.807, 2.05) is 42.5 Å². The van der Waals surface area contributed by atoms with Crippen LogP contribution in [0.25, 0.3) is 99.7 Å². The smallest absolute Gasteiger partial charge is 0.137 e. The molecule has 0 unspecified atom stereocenters. The van der Waals surface area contributed by atoms with Crippen LogP contribution in [0.15, 0.2) is 218 Å². The lowest BCUT2D eigenvalue weighted by molar-refractivity contribution is 0.669. The third-order valence-corrected chi connectivity index (χ3v) is 12.1. The van der Waals surface area contributed by atoms with E-state index in [-0.39, 0.29) is 0 Å². The van der Waals surface area contributed by atoms with Gasteiger partial charge in [0.05, 0.1) is 27.8 Å². The summed E-state index contributed by atoms with van der Waals surface area (Å²) in [6.07, 6.45) is 15.7. The first-order valence-electron chi connectivity index (χ1n) is 20.8. The molecule has 0 aliphatic carbocycles. The van der Waals surface area contributed by atoms with Gasteiger partial charge in [-0.15, -0.1) is 0 Å². The van der Waals surface area contributed by atoms with Crippen LogP contribution in [-0.4, -0.2) is 20.7 Å². The summed E-state index contributed by atoms with van der Waals surface area (Å²) in [5.74, 6) is 0. The number of anilines is 2. The molecule has 62 heavy (non-hydrogen) atoms. The van der Waals surface area contributed by atoms with Crippen LogP contribution in [0.2, 0.25) is 0 Å². The molecule has 0 radical (unpaired) electrons. The molecule has 0 aliphatic rings. The predicted molar refractivity (Wildman–Crippen MR) is 265 cm³/mol. The van der Waals surface area contributed by atoms with E-state index in [2.05, 4.69) is 197 Å². The fourth-order valence-electron chi connectivity index (χ4n) is 9.44. The van der Waals surface area contributed by atoms with Gasteiger partial charge in [0.25, 0.3) is 0 Å². The number of furan rings is 1. The van der Waals surface area contributed by atoms with Gasteiger partial charge in [-0.3, -0.25) is 9.13 Å². The lowest BCUT2D eigenvalue weighted by Gasteiger charge is -2.23. The maximum Gasteiger partial charge on any atom is 0.137 e. The molecule has 0 bridgehead atoms. The summed E-state index contributed by atoms with van der Waals surface area (Å²) in [5.41, 5.74) is 13.6. The van der Waals surface area contributed by atoms with E-state index in [0.29, 0.717) is 0 Å². The van der Waals surface area contributed by atoms with Crippen LogP contribution in [0.4, 0.5) is 11.4 Å². The highest BCUT2D eigenvalue weighted by Crippen LogP contribution is 2.43. The molecule has 0 saturated carbocycles. The summed E-state index contributed by atoms with van der Waals surface area (Å²) in [6, 6.07) is 54.4. The summed E-state index contributed by atoms with van der Waals surface area (Å²) in [7, 11) is 2.13. The standard InChI is InChI=1S/C57H42N4O/c1-5-8-9-10-21-38-34-48-44-25-14-18-31-54(44)62-55(48)37-53(38)58(4)40-22-19-23-41(35-40)60-50-29-16-12-26-45(50)56-46-27-13-17-30-51(46)61(57(56)60)42-32-33-52-47(36-42)43-24-11-15-28-49(43)59(52)39(7-3)20-6-2/h5-37H,1-3H2,4H3/b9-8-,21-10-,39-20+. The fourth-order valence-corrected chi connectivity index (χ4v) is 9.44. The molecule has 5 nitrogen and oxygen atoms in total. The van der Waals surface area contributed by atoms with E-state index in [1.54, 1.807) is 6.08 Å². The highest BCUT2D eigenvalue weighted by molar-refractivity contribution is 6.23. The summed E-state index contributed by atoms with van der Waals surface area (Å²) in [5, 5.41) is 8.16. The van der Waals surface area contributed by atoms with E-state index in [1.165, 1.54) is 26.9 Å². The quantitative estimate of drug-likeness (QED) is 0.129. The number of nitrogens with zero attached hydrogens (tertiary/aromatic N) is 4. The maximum absolute atomic E-state index is 6.42. The van der Waals surface area contributed by atoms with E-state index in [9.17, 15) is 0 Å². The van der Waals surface area contributed by atoms with Gasteiger partial charge in [0.15, 0.2) is 0 Å². The van der Waals surface area contributed by atoms with Crippen molar-refractivity contribution in [2.24, 2.45) is 0 Å². The second kappa shape index (κ2) is 14.8. The third-order valence-electron chi connectivity index (χ3n) is 12.1. The topological polar surface area (TPSA) is 31.2 Å². The summed E-state index contributed by atoms with van der Waals surface area (Å²) in [6.45, 7) is 12.0. The van der Waals surface area contributed by atoms with Crippen LogP contribution in [-0.2, 0) is 0 Å². The number of allylic oxidation sites excluding steroid dienone is 8. The summed E-state index contributed by atoms with van der Waals surface area (Å²) >= 11 is 0. The Balaban J connectivity index is 1.14. The van der Waals surface area contributed by atoms with Crippen LogP contribution in [0.1, 0.15) is 5.56 Å². The zero-order chi connectivity index (χ0) is 41.9. The molecule has 4 aromatic heterocycles. The van der Waals surface area contributed by atoms with Crippen molar-refractivity contribution in [3.8, 4) is 11.4 Å². The molecule has 11 aromatic rings. The predicted octanol–water partition coefficient (Wildman–Crippen LogP) is 15.5. The molecule has 0 N–H and O–H groups in total. The second-order valence-corrected chi connectivity index (χ2v) is 15.6. The van der Waals surface area contributed by atoms with Crippen molar-refractivity contribution in [1.82, 2.24) is 13.7 Å². The maximum atomic E-state index is 6.42. The fraction of sp³-hybridized carbons (Fsp3) is 0.0175. The molecule has 11 rings (SSSR count). The van der Waals surface area contributed by atoms with Gasteiger partial charge in [0.2, 0.25) is 0 Å². The normalized spacial score (nSPS) is 12.4. The Morgan fingerprint density at radius 1 is 0.532 bits per heavy atom. The van der Waals surface area contributed by atoms with Crippen molar-refractivity contribution < 1.29 is 4.42 Å². The van der Waals surface area contributed by atoms with Gasteiger partial charge < -0.3 is 13.9 Å². The highest BCUT2D eigenvalue weighted by Gasteiger charge is 2.24. The molecule has 7 aromatic carbocycles. The monoisotopic (exact) mass is 798 g/mol. The first-order chi connectivity index (χ1) is 30.6. The summed E-state index contributed by atoms with van der Waals surface area (Å²) in [4.78, 5) is 2.26.